The zero-order valence-corrected chi connectivity index (χ0v) is 12.5. The first-order valence-corrected chi connectivity index (χ1v) is 7.82. The van der Waals surface area contributed by atoms with Crippen molar-refractivity contribution in [1.29, 1.82) is 0 Å². The maximum atomic E-state index is 13.5. The molecule has 7 heteroatoms. The summed E-state index contributed by atoms with van der Waals surface area (Å²) in [5.74, 6) is -1.83. The van der Waals surface area contributed by atoms with Crippen LogP contribution in [-0.4, -0.2) is 14.2 Å². The second-order valence-electron chi connectivity index (χ2n) is 4.64. The second-order valence-corrected chi connectivity index (χ2v) is 6.41. The van der Waals surface area contributed by atoms with Gasteiger partial charge in [-0.2, -0.15) is 0 Å². The third-order valence-corrected chi connectivity index (χ3v) is 4.42. The van der Waals surface area contributed by atoms with Gasteiger partial charge < -0.3 is 0 Å². The van der Waals surface area contributed by atoms with Crippen molar-refractivity contribution in [2.24, 2.45) is 0 Å². The van der Waals surface area contributed by atoms with Crippen molar-refractivity contribution in [2.75, 3.05) is 0 Å². The Morgan fingerprint density at radius 2 is 1.86 bits per heavy atom. The van der Waals surface area contributed by atoms with Gasteiger partial charge in [0, 0.05) is 23.7 Å². The van der Waals surface area contributed by atoms with Gasteiger partial charge >= 0.3 is 0 Å². The third-order valence-electron chi connectivity index (χ3n) is 3.02. The number of nitrogens with one attached hydrogen (secondary N) is 1. The molecule has 0 bridgehead atoms. The fraction of sp³-hybridized carbons (Fsp3) is 0.133. The molecule has 2 aromatic rings. The molecule has 0 aliphatic heterocycles. The number of sulfonamides is 1. The number of carbonyl (C=O) groups is 1. The van der Waals surface area contributed by atoms with E-state index in [1.165, 1.54) is 37.3 Å². The number of halogens is 2. The largest absolute Gasteiger partial charge is 0.295 e. The van der Waals surface area contributed by atoms with Gasteiger partial charge in [0.2, 0.25) is 10.0 Å². The van der Waals surface area contributed by atoms with Crippen LogP contribution in [0.25, 0.3) is 0 Å². The first-order chi connectivity index (χ1) is 10.3. The van der Waals surface area contributed by atoms with Gasteiger partial charge in [0.1, 0.15) is 11.6 Å². The number of benzene rings is 2. The molecule has 4 nitrogen and oxygen atoms in total. The van der Waals surface area contributed by atoms with Crippen molar-refractivity contribution >= 4 is 15.8 Å². The molecule has 0 atom stereocenters. The molecule has 0 radical (unpaired) electrons. The van der Waals surface area contributed by atoms with E-state index in [9.17, 15) is 22.0 Å². The SMILES string of the molecule is CC(=O)c1cccc(S(=O)(=O)NCc2ccc(F)cc2F)c1. The summed E-state index contributed by atoms with van der Waals surface area (Å²) >= 11 is 0. The van der Waals surface area contributed by atoms with Crippen LogP contribution in [0.15, 0.2) is 47.4 Å². The summed E-state index contributed by atoms with van der Waals surface area (Å²) in [6.45, 7) is 1.01. The lowest BCUT2D eigenvalue weighted by molar-refractivity contribution is 0.101. The topological polar surface area (TPSA) is 63.2 Å². The standard InChI is InChI=1S/C15H13F2NO3S/c1-10(19)11-3-2-4-14(7-11)22(20,21)18-9-12-5-6-13(16)8-15(12)17/h2-8,18H,9H2,1H3. The Hall–Kier alpha value is -2.12. The van der Waals surface area contributed by atoms with Gasteiger partial charge in [0.25, 0.3) is 0 Å². The van der Waals surface area contributed by atoms with Crippen molar-refractivity contribution in [1.82, 2.24) is 4.72 Å². The lowest BCUT2D eigenvalue weighted by atomic mass is 10.2. The Morgan fingerprint density at radius 1 is 1.14 bits per heavy atom. The van der Waals surface area contributed by atoms with E-state index in [2.05, 4.69) is 4.72 Å². The normalized spacial score (nSPS) is 11.4. The van der Waals surface area contributed by atoms with Crippen LogP contribution < -0.4 is 4.72 Å². The van der Waals surface area contributed by atoms with Crippen LogP contribution in [0.5, 0.6) is 0 Å². The number of rotatable bonds is 5. The molecule has 2 rings (SSSR count). The van der Waals surface area contributed by atoms with Crippen LogP contribution >= 0.6 is 0 Å². The number of hydrogen-bond acceptors (Lipinski definition) is 3. The summed E-state index contributed by atoms with van der Waals surface area (Å²) < 4.78 is 52.8. The van der Waals surface area contributed by atoms with Crippen molar-refractivity contribution in [2.45, 2.75) is 18.4 Å². The van der Waals surface area contributed by atoms with Crippen LogP contribution in [0.2, 0.25) is 0 Å². The van der Waals surface area contributed by atoms with Crippen molar-refractivity contribution < 1.29 is 22.0 Å². The smallest absolute Gasteiger partial charge is 0.240 e. The van der Waals surface area contributed by atoms with E-state index in [0.29, 0.717) is 6.07 Å². The van der Waals surface area contributed by atoms with Gasteiger partial charge in [-0.3, -0.25) is 4.79 Å². The predicted molar refractivity (Wildman–Crippen MR) is 76.8 cm³/mol. The molecule has 2 aromatic carbocycles. The zero-order valence-electron chi connectivity index (χ0n) is 11.6. The Balaban J connectivity index is 2.21. The monoisotopic (exact) mass is 325 g/mol. The highest BCUT2D eigenvalue weighted by Crippen LogP contribution is 2.14. The molecule has 0 aliphatic rings. The summed E-state index contributed by atoms with van der Waals surface area (Å²) in [6.07, 6.45) is 0. The quantitative estimate of drug-likeness (QED) is 0.860. The Labute approximate surface area is 126 Å². The van der Waals surface area contributed by atoms with Crippen molar-refractivity contribution in [3.63, 3.8) is 0 Å². The summed E-state index contributed by atoms with van der Waals surface area (Å²) in [7, 11) is -3.90. The third kappa shape index (κ3) is 3.75. The molecule has 116 valence electrons. The fourth-order valence-electron chi connectivity index (χ4n) is 1.80. The van der Waals surface area contributed by atoms with Gasteiger partial charge in [-0.25, -0.2) is 21.9 Å². The maximum absolute atomic E-state index is 13.5. The minimum Gasteiger partial charge on any atom is -0.295 e. The molecular weight excluding hydrogens is 312 g/mol. The van der Waals surface area contributed by atoms with E-state index in [4.69, 9.17) is 0 Å². The molecule has 0 fully saturated rings. The molecule has 0 saturated carbocycles. The van der Waals surface area contributed by atoms with E-state index in [1.54, 1.807) is 0 Å². The highest BCUT2D eigenvalue weighted by molar-refractivity contribution is 7.89. The van der Waals surface area contributed by atoms with E-state index in [1.807, 2.05) is 0 Å². The minimum absolute atomic E-state index is 0.0210. The van der Waals surface area contributed by atoms with Crippen LogP contribution in [0.4, 0.5) is 8.78 Å². The Bertz CT molecular complexity index is 819. The average Bonchev–Trinajstić information content (AvgIpc) is 2.46. The average molecular weight is 325 g/mol. The molecule has 22 heavy (non-hydrogen) atoms. The lowest BCUT2D eigenvalue weighted by Gasteiger charge is -2.08. The Kier molecular flexibility index (Phi) is 4.68. The van der Waals surface area contributed by atoms with Crippen LogP contribution in [0.1, 0.15) is 22.8 Å². The van der Waals surface area contributed by atoms with Gasteiger partial charge in [0.05, 0.1) is 4.90 Å². The highest BCUT2D eigenvalue weighted by atomic mass is 32.2. The zero-order chi connectivity index (χ0) is 16.3. The summed E-state index contributed by atoms with van der Waals surface area (Å²) in [5.41, 5.74) is 0.281. The van der Waals surface area contributed by atoms with Gasteiger partial charge in [-0.05, 0) is 25.1 Å². The summed E-state index contributed by atoms with van der Waals surface area (Å²) in [4.78, 5) is 11.2. The molecule has 0 aromatic heterocycles. The van der Waals surface area contributed by atoms with Gasteiger partial charge in [0.15, 0.2) is 5.78 Å². The fourth-order valence-corrected chi connectivity index (χ4v) is 2.86. The summed E-state index contributed by atoms with van der Waals surface area (Å²) in [6, 6.07) is 8.41. The van der Waals surface area contributed by atoms with Gasteiger partial charge in [-0.15, -0.1) is 0 Å². The number of hydrogen-bond donors (Lipinski definition) is 1. The van der Waals surface area contributed by atoms with Crippen LogP contribution in [-0.2, 0) is 16.6 Å². The molecule has 0 saturated heterocycles. The first kappa shape index (κ1) is 16.3. The first-order valence-electron chi connectivity index (χ1n) is 6.34. The number of Topliss-reactive ketones (excluding diaryl/α,β-unsaturated/α-hetero) is 1. The summed E-state index contributed by atoms with van der Waals surface area (Å²) in [5, 5.41) is 0. The molecule has 0 amide bonds. The van der Waals surface area contributed by atoms with Crippen molar-refractivity contribution in [3.05, 3.63) is 65.2 Å². The predicted octanol–water partition coefficient (Wildman–Crippen LogP) is 2.65. The van der Waals surface area contributed by atoms with Crippen LogP contribution in [0, 0.1) is 11.6 Å². The van der Waals surface area contributed by atoms with E-state index in [-0.39, 0.29) is 28.4 Å². The molecule has 0 aliphatic carbocycles. The highest BCUT2D eigenvalue weighted by Gasteiger charge is 2.16. The van der Waals surface area contributed by atoms with Crippen molar-refractivity contribution in [3.8, 4) is 0 Å². The van der Waals surface area contributed by atoms with Gasteiger partial charge in [-0.1, -0.05) is 18.2 Å². The molecule has 0 unspecified atom stereocenters. The van der Waals surface area contributed by atoms with Crippen LogP contribution in [0.3, 0.4) is 0 Å². The molecule has 0 spiro atoms. The lowest BCUT2D eigenvalue weighted by Crippen LogP contribution is -2.24. The molecule has 0 heterocycles. The minimum atomic E-state index is -3.90. The molecule has 1 N–H and O–H groups in total. The maximum Gasteiger partial charge on any atom is 0.240 e. The number of ketones is 1. The number of carbonyl (C=O) groups excluding carboxylic acids is 1. The molecular formula is C15H13F2NO3S. The second kappa shape index (κ2) is 6.33. The van der Waals surface area contributed by atoms with E-state index >= 15 is 0 Å². The van der Waals surface area contributed by atoms with E-state index < -0.39 is 21.7 Å². The Morgan fingerprint density at radius 3 is 2.50 bits per heavy atom. The van der Waals surface area contributed by atoms with E-state index in [0.717, 1.165) is 6.07 Å².